The molecule has 0 aliphatic heterocycles. The first kappa shape index (κ1) is 11.7. The molecule has 0 aromatic rings. The van der Waals surface area contributed by atoms with E-state index < -0.39 is 18.8 Å². The minimum absolute atomic E-state index is 0.433. The molecule has 4 heteroatoms. The molecule has 70 valence electrons. The first-order chi connectivity index (χ1) is 5.37. The van der Waals surface area contributed by atoms with Gasteiger partial charge in [0.25, 0.3) is 0 Å². The van der Waals surface area contributed by atoms with E-state index >= 15 is 0 Å². The summed E-state index contributed by atoms with van der Waals surface area (Å²) in [5, 5.41) is 18.2. The highest BCUT2D eigenvalue weighted by Gasteiger charge is 2.25. The quantitative estimate of drug-likeness (QED) is 0.601. The van der Waals surface area contributed by atoms with Gasteiger partial charge in [-0.1, -0.05) is 5.98 Å². The van der Waals surface area contributed by atoms with E-state index in [1.54, 1.807) is 6.92 Å². The van der Waals surface area contributed by atoms with Gasteiger partial charge in [0.05, 0.1) is 11.7 Å². The largest absolute Gasteiger partial charge is 0.483 e. The molecular weight excluding hydrogens is 155 g/mol. The van der Waals surface area contributed by atoms with Gasteiger partial charge < -0.3 is 14.8 Å². The molecule has 0 aliphatic carbocycles. The molecule has 2 N–H and O–H groups in total. The summed E-state index contributed by atoms with van der Waals surface area (Å²) in [6, 6.07) is 0. The molecule has 0 heterocycles. The molecule has 12 heavy (non-hydrogen) atoms. The lowest BCUT2D eigenvalue weighted by molar-refractivity contribution is 0.0324. The highest BCUT2D eigenvalue weighted by Crippen LogP contribution is 2.17. The number of aliphatic hydroxyl groups excluding tert-OH is 1. The summed E-state index contributed by atoms with van der Waals surface area (Å²) in [7, 11) is -0.959. The smallest absolute Gasteiger partial charge is 0.423 e. The van der Waals surface area contributed by atoms with Gasteiger partial charge >= 0.3 is 7.12 Å². The summed E-state index contributed by atoms with van der Waals surface area (Å²) in [6.45, 7) is 8.70. The molecule has 0 radical (unpaired) electrons. The van der Waals surface area contributed by atoms with Crippen LogP contribution in [0.5, 0.6) is 0 Å². The van der Waals surface area contributed by atoms with E-state index in [2.05, 4.69) is 6.58 Å². The zero-order valence-corrected chi connectivity index (χ0v) is 7.95. The lowest BCUT2D eigenvalue weighted by atomic mass is 9.88. The second-order valence-corrected chi connectivity index (χ2v) is 3.56. The summed E-state index contributed by atoms with van der Waals surface area (Å²) in [5.74, 6) is 1.31. The topological polar surface area (TPSA) is 49.7 Å². The molecular formula is C8H17BO3. The molecule has 1 atom stereocenters. The molecule has 0 rings (SSSR count). The van der Waals surface area contributed by atoms with Crippen molar-refractivity contribution >= 4 is 7.12 Å². The zero-order chi connectivity index (χ0) is 9.78. The first-order valence-corrected chi connectivity index (χ1v) is 4.04. The Labute approximate surface area is 74.2 Å². The van der Waals surface area contributed by atoms with E-state index in [-0.39, 0.29) is 0 Å². The fraction of sp³-hybridized carbons (Fsp3) is 0.750. The van der Waals surface area contributed by atoms with Gasteiger partial charge in [-0.05, 0) is 20.8 Å². The van der Waals surface area contributed by atoms with Crippen LogP contribution in [0.3, 0.4) is 0 Å². The maximum atomic E-state index is 9.09. The van der Waals surface area contributed by atoms with Crippen molar-refractivity contribution < 1.29 is 14.8 Å². The van der Waals surface area contributed by atoms with Gasteiger partial charge in [0.15, 0.2) is 0 Å². The van der Waals surface area contributed by atoms with Gasteiger partial charge in [-0.3, -0.25) is 0 Å². The number of rotatable bonds is 5. The monoisotopic (exact) mass is 172 g/mol. The van der Waals surface area contributed by atoms with Crippen molar-refractivity contribution in [2.75, 3.05) is 0 Å². The fourth-order valence-electron chi connectivity index (χ4n) is 1.13. The van der Waals surface area contributed by atoms with Crippen molar-refractivity contribution in [3.05, 3.63) is 12.6 Å². The minimum atomic E-state index is -0.959. The van der Waals surface area contributed by atoms with Crippen LogP contribution in [0.25, 0.3) is 0 Å². The summed E-state index contributed by atoms with van der Waals surface area (Å²) in [4.78, 5) is 0. The van der Waals surface area contributed by atoms with Crippen LogP contribution in [-0.2, 0) is 4.65 Å². The molecule has 0 saturated carbocycles. The summed E-state index contributed by atoms with van der Waals surface area (Å²) >= 11 is 0. The second kappa shape index (κ2) is 4.65. The molecule has 1 unspecified atom stereocenters. The van der Waals surface area contributed by atoms with E-state index in [0.29, 0.717) is 6.42 Å². The zero-order valence-electron chi connectivity index (χ0n) is 7.95. The molecule has 0 amide bonds. The number of aliphatic hydroxyl groups is 1. The fourth-order valence-corrected chi connectivity index (χ4v) is 1.13. The van der Waals surface area contributed by atoms with Crippen molar-refractivity contribution in [2.45, 2.75) is 38.9 Å². The van der Waals surface area contributed by atoms with Crippen LogP contribution in [0.1, 0.15) is 27.2 Å². The average Bonchev–Trinajstić information content (AvgIpc) is 1.83. The molecule has 0 bridgehead atoms. The molecule has 0 fully saturated rings. The summed E-state index contributed by atoms with van der Waals surface area (Å²) in [6.07, 6.45) is 0.0507. The Bertz CT molecular complexity index is 145. The highest BCUT2D eigenvalue weighted by molar-refractivity contribution is 6.49. The van der Waals surface area contributed by atoms with Crippen LogP contribution < -0.4 is 0 Å². The molecule has 0 saturated heterocycles. The Balaban J connectivity index is 3.93. The van der Waals surface area contributed by atoms with Crippen LogP contribution in [0.4, 0.5) is 0 Å². The van der Waals surface area contributed by atoms with Gasteiger partial charge in [-0.15, -0.1) is 6.58 Å². The Kier molecular flexibility index (Phi) is 4.53. The third kappa shape index (κ3) is 5.35. The van der Waals surface area contributed by atoms with Gasteiger partial charge in [0.2, 0.25) is 0 Å². The number of hydrogen-bond acceptors (Lipinski definition) is 3. The molecule has 0 aromatic carbocycles. The molecule has 0 aliphatic rings. The predicted octanol–water partition coefficient (Wildman–Crippen LogP) is 0.758. The van der Waals surface area contributed by atoms with Crippen LogP contribution in [0.15, 0.2) is 12.6 Å². The van der Waals surface area contributed by atoms with Crippen molar-refractivity contribution in [1.29, 1.82) is 0 Å². The SMILES string of the molecule is C=CB(O)OC(C)(C)CC(C)O. The minimum Gasteiger partial charge on any atom is -0.423 e. The van der Waals surface area contributed by atoms with Gasteiger partial charge in [0, 0.05) is 6.42 Å². The van der Waals surface area contributed by atoms with Gasteiger partial charge in [-0.2, -0.15) is 0 Å². The Hall–Kier alpha value is -0.315. The Morgan fingerprint density at radius 2 is 2.17 bits per heavy atom. The van der Waals surface area contributed by atoms with E-state index in [4.69, 9.17) is 14.8 Å². The number of hydrogen-bond donors (Lipinski definition) is 2. The molecule has 0 spiro atoms. The Morgan fingerprint density at radius 3 is 2.50 bits per heavy atom. The highest BCUT2D eigenvalue weighted by atomic mass is 16.5. The summed E-state index contributed by atoms with van der Waals surface area (Å²) in [5.41, 5.74) is -0.526. The maximum absolute atomic E-state index is 9.09. The van der Waals surface area contributed by atoms with Crippen molar-refractivity contribution in [3.8, 4) is 0 Å². The first-order valence-electron chi connectivity index (χ1n) is 4.04. The average molecular weight is 172 g/mol. The van der Waals surface area contributed by atoms with Crippen LogP contribution in [0, 0.1) is 0 Å². The predicted molar refractivity (Wildman–Crippen MR) is 49.6 cm³/mol. The second-order valence-electron chi connectivity index (χ2n) is 3.56. The Morgan fingerprint density at radius 1 is 1.67 bits per heavy atom. The van der Waals surface area contributed by atoms with E-state index in [0.717, 1.165) is 0 Å². The van der Waals surface area contributed by atoms with E-state index in [1.165, 1.54) is 5.98 Å². The maximum Gasteiger partial charge on any atom is 0.483 e. The summed E-state index contributed by atoms with van der Waals surface area (Å²) < 4.78 is 5.18. The lowest BCUT2D eigenvalue weighted by Gasteiger charge is -2.27. The van der Waals surface area contributed by atoms with Crippen molar-refractivity contribution in [3.63, 3.8) is 0 Å². The standard InChI is InChI=1S/C8H17BO3/c1-5-9(11)12-8(3,4)6-7(2)10/h5,7,10-11H,1,6H2,2-4H3. The molecule has 0 aromatic heterocycles. The normalized spacial score (nSPS) is 14.1. The third-order valence-corrected chi connectivity index (χ3v) is 1.43. The lowest BCUT2D eigenvalue weighted by Crippen LogP contribution is -2.35. The van der Waals surface area contributed by atoms with E-state index in [1.807, 2.05) is 13.8 Å². The van der Waals surface area contributed by atoms with Crippen molar-refractivity contribution in [1.82, 2.24) is 0 Å². The van der Waals surface area contributed by atoms with Crippen molar-refractivity contribution in [2.24, 2.45) is 0 Å². The van der Waals surface area contributed by atoms with Gasteiger partial charge in [-0.25, -0.2) is 0 Å². The van der Waals surface area contributed by atoms with Gasteiger partial charge in [0.1, 0.15) is 0 Å². The van der Waals surface area contributed by atoms with E-state index in [9.17, 15) is 0 Å². The molecule has 3 nitrogen and oxygen atoms in total. The third-order valence-electron chi connectivity index (χ3n) is 1.43. The van der Waals surface area contributed by atoms with Crippen LogP contribution in [0.2, 0.25) is 0 Å². The van der Waals surface area contributed by atoms with Crippen LogP contribution in [-0.4, -0.2) is 29.0 Å². The van der Waals surface area contributed by atoms with Crippen LogP contribution >= 0.6 is 0 Å².